The third kappa shape index (κ3) is 3.74. The minimum absolute atomic E-state index is 0.0373. The van der Waals surface area contributed by atoms with Crippen LogP contribution in [0.15, 0.2) is 12.4 Å². The molecule has 0 radical (unpaired) electrons. The summed E-state index contributed by atoms with van der Waals surface area (Å²) < 4.78 is 3.18. The molecule has 2 heterocycles. The van der Waals surface area contributed by atoms with Gasteiger partial charge < -0.3 is 5.32 Å². The summed E-state index contributed by atoms with van der Waals surface area (Å²) in [5, 5.41) is 21.9. The van der Waals surface area contributed by atoms with E-state index >= 15 is 0 Å². The molecule has 0 saturated heterocycles. The number of rotatable bonds is 6. The van der Waals surface area contributed by atoms with Gasteiger partial charge in [0.05, 0.1) is 17.2 Å². The number of nitro groups is 1. The van der Waals surface area contributed by atoms with E-state index in [-0.39, 0.29) is 24.1 Å². The molecule has 124 valence electrons. The van der Waals surface area contributed by atoms with Crippen molar-refractivity contribution in [2.75, 3.05) is 0 Å². The van der Waals surface area contributed by atoms with E-state index in [9.17, 15) is 14.9 Å². The van der Waals surface area contributed by atoms with Crippen LogP contribution < -0.4 is 5.32 Å². The summed E-state index contributed by atoms with van der Waals surface area (Å²) in [6.45, 7) is 5.70. The van der Waals surface area contributed by atoms with Crippen LogP contribution in [0.1, 0.15) is 36.3 Å². The van der Waals surface area contributed by atoms with E-state index < -0.39 is 4.92 Å². The van der Waals surface area contributed by atoms with Gasteiger partial charge >= 0.3 is 5.69 Å². The maximum absolute atomic E-state index is 12.0. The molecule has 2 aromatic rings. The summed E-state index contributed by atoms with van der Waals surface area (Å²) in [4.78, 5) is 22.3. The second-order valence-electron chi connectivity index (χ2n) is 5.47. The normalized spacial score (nSPS) is 12.2. The summed E-state index contributed by atoms with van der Waals surface area (Å²) >= 11 is 0. The number of aromatic nitrogens is 4. The van der Waals surface area contributed by atoms with E-state index in [2.05, 4.69) is 15.5 Å². The number of carbonyl (C=O) groups is 1. The van der Waals surface area contributed by atoms with Gasteiger partial charge in [0.1, 0.15) is 11.9 Å². The predicted molar refractivity (Wildman–Crippen MR) is 82.7 cm³/mol. The van der Waals surface area contributed by atoms with Gasteiger partial charge in [0.15, 0.2) is 0 Å². The molecular weight excluding hydrogens is 300 g/mol. The summed E-state index contributed by atoms with van der Waals surface area (Å²) in [7, 11) is 1.85. The Morgan fingerprint density at radius 2 is 2.17 bits per heavy atom. The first-order valence-corrected chi connectivity index (χ1v) is 7.26. The SMILES string of the molecule is Cc1nn(CCC(=O)NC(C)c2cnn(C)c2C)cc1[N+](=O)[O-]. The second kappa shape index (κ2) is 6.59. The fourth-order valence-electron chi connectivity index (χ4n) is 2.35. The number of hydrogen-bond acceptors (Lipinski definition) is 5. The van der Waals surface area contributed by atoms with Crippen molar-refractivity contribution in [2.45, 2.75) is 39.8 Å². The van der Waals surface area contributed by atoms with Gasteiger partial charge in [-0.15, -0.1) is 0 Å². The monoisotopic (exact) mass is 320 g/mol. The molecule has 1 N–H and O–H groups in total. The van der Waals surface area contributed by atoms with Gasteiger partial charge in [-0.2, -0.15) is 10.2 Å². The third-order valence-corrected chi connectivity index (χ3v) is 3.80. The van der Waals surface area contributed by atoms with Crippen LogP contribution in [-0.4, -0.2) is 30.4 Å². The highest BCUT2D eigenvalue weighted by atomic mass is 16.6. The number of nitrogens with zero attached hydrogens (tertiary/aromatic N) is 5. The van der Waals surface area contributed by atoms with Gasteiger partial charge in [-0.25, -0.2) is 0 Å². The highest BCUT2D eigenvalue weighted by Crippen LogP contribution is 2.17. The number of aryl methyl sites for hydroxylation is 3. The lowest BCUT2D eigenvalue weighted by molar-refractivity contribution is -0.385. The second-order valence-corrected chi connectivity index (χ2v) is 5.47. The maximum Gasteiger partial charge on any atom is 0.309 e. The first kappa shape index (κ1) is 16.7. The summed E-state index contributed by atoms with van der Waals surface area (Å²) in [6.07, 6.45) is 3.28. The van der Waals surface area contributed by atoms with Crippen LogP contribution in [0, 0.1) is 24.0 Å². The molecule has 2 rings (SSSR count). The number of amides is 1. The van der Waals surface area contributed by atoms with Crippen LogP contribution in [0.25, 0.3) is 0 Å². The van der Waals surface area contributed by atoms with Gasteiger partial charge in [0.25, 0.3) is 0 Å². The standard InChI is InChI=1S/C14H20N6O3/c1-9(12-7-15-18(4)11(12)3)16-14(21)5-6-19-8-13(20(22)23)10(2)17-19/h7-9H,5-6H2,1-4H3,(H,16,21). The topological polar surface area (TPSA) is 108 Å². The van der Waals surface area contributed by atoms with Gasteiger partial charge in [0.2, 0.25) is 5.91 Å². The van der Waals surface area contributed by atoms with Crippen molar-refractivity contribution in [3.05, 3.63) is 39.5 Å². The highest BCUT2D eigenvalue weighted by molar-refractivity contribution is 5.76. The van der Waals surface area contributed by atoms with Crippen molar-refractivity contribution < 1.29 is 9.72 Å². The van der Waals surface area contributed by atoms with Crippen LogP contribution in [0.3, 0.4) is 0 Å². The molecule has 0 aliphatic carbocycles. The van der Waals surface area contributed by atoms with Crippen molar-refractivity contribution in [2.24, 2.45) is 7.05 Å². The molecule has 1 amide bonds. The molecule has 23 heavy (non-hydrogen) atoms. The zero-order valence-electron chi connectivity index (χ0n) is 13.6. The Balaban J connectivity index is 1.91. The minimum atomic E-state index is -0.480. The summed E-state index contributed by atoms with van der Waals surface area (Å²) in [5.41, 5.74) is 2.27. The Morgan fingerprint density at radius 3 is 2.70 bits per heavy atom. The minimum Gasteiger partial charge on any atom is -0.349 e. The molecule has 1 atom stereocenters. The van der Waals surface area contributed by atoms with E-state index in [1.807, 2.05) is 20.9 Å². The van der Waals surface area contributed by atoms with E-state index in [4.69, 9.17) is 0 Å². The van der Waals surface area contributed by atoms with Gasteiger partial charge in [-0.1, -0.05) is 0 Å². The van der Waals surface area contributed by atoms with E-state index in [1.165, 1.54) is 10.9 Å². The molecule has 0 aromatic carbocycles. The maximum atomic E-state index is 12.0. The van der Waals surface area contributed by atoms with Crippen molar-refractivity contribution >= 4 is 11.6 Å². The van der Waals surface area contributed by atoms with Crippen LogP contribution >= 0.6 is 0 Å². The first-order valence-electron chi connectivity index (χ1n) is 7.26. The molecule has 0 aliphatic rings. The molecule has 0 spiro atoms. The smallest absolute Gasteiger partial charge is 0.309 e. The van der Waals surface area contributed by atoms with E-state index in [0.29, 0.717) is 12.2 Å². The molecule has 0 bridgehead atoms. The lowest BCUT2D eigenvalue weighted by atomic mass is 10.1. The Morgan fingerprint density at radius 1 is 1.48 bits per heavy atom. The molecule has 9 heteroatoms. The Labute approximate surface area is 133 Å². The fourth-order valence-corrected chi connectivity index (χ4v) is 2.35. The molecule has 1 unspecified atom stereocenters. The third-order valence-electron chi connectivity index (χ3n) is 3.80. The van der Waals surface area contributed by atoms with E-state index in [0.717, 1.165) is 11.3 Å². The molecule has 0 saturated carbocycles. The Kier molecular flexibility index (Phi) is 4.77. The first-order chi connectivity index (χ1) is 10.8. The molecule has 0 fully saturated rings. The fraction of sp³-hybridized carbons (Fsp3) is 0.500. The van der Waals surface area contributed by atoms with Crippen molar-refractivity contribution in [1.29, 1.82) is 0 Å². The summed E-state index contributed by atoms with van der Waals surface area (Å²) in [6, 6.07) is -0.148. The Hall–Kier alpha value is -2.71. The average molecular weight is 320 g/mol. The lowest BCUT2D eigenvalue weighted by Crippen LogP contribution is -2.27. The van der Waals surface area contributed by atoms with Crippen LogP contribution in [0.4, 0.5) is 5.69 Å². The number of carbonyl (C=O) groups excluding carboxylic acids is 1. The lowest BCUT2D eigenvalue weighted by Gasteiger charge is -2.13. The van der Waals surface area contributed by atoms with E-state index in [1.54, 1.807) is 17.8 Å². The van der Waals surface area contributed by atoms with Crippen molar-refractivity contribution in [1.82, 2.24) is 24.9 Å². The predicted octanol–water partition coefficient (Wildman–Crippen LogP) is 1.41. The van der Waals surface area contributed by atoms with Gasteiger partial charge in [-0.05, 0) is 20.8 Å². The highest BCUT2D eigenvalue weighted by Gasteiger charge is 2.17. The summed E-state index contributed by atoms with van der Waals surface area (Å²) in [5.74, 6) is -0.142. The quantitative estimate of drug-likeness (QED) is 0.639. The van der Waals surface area contributed by atoms with Gasteiger partial charge in [-0.3, -0.25) is 24.3 Å². The molecule has 2 aromatic heterocycles. The zero-order valence-corrected chi connectivity index (χ0v) is 13.6. The Bertz CT molecular complexity index is 733. The van der Waals surface area contributed by atoms with Crippen molar-refractivity contribution in [3.63, 3.8) is 0 Å². The van der Waals surface area contributed by atoms with Gasteiger partial charge in [0, 0.05) is 31.3 Å². The average Bonchev–Trinajstić information content (AvgIpc) is 3.01. The van der Waals surface area contributed by atoms with Crippen LogP contribution in [0.5, 0.6) is 0 Å². The zero-order chi connectivity index (χ0) is 17.1. The van der Waals surface area contributed by atoms with Crippen LogP contribution in [0.2, 0.25) is 0 Å². The van der Waals surface area contributed by atoms with Crippen LogP contribution in [-0.2, 0) is 18.4 Å². The largest absolute Gasteiger partial charge is 0.349 e. The number of hydrogen-bond donors (Lipinski definition) is 1. The molecular formula is C14H20N6O3. The molecule has 0 aliphatic heterocycles. The molecule has 9 nitrogen and oxygen atoms in total. The number of nitrogens with one attached hydrogen (secondary N) is 1. The van der Waals surface area contributed by atoms with Crippen molar-refractivity contribution in [3.8, 4) is 0 Å².